The Balaban J connectivity index is 1.69. The van der Waals surface area contributed by atoms with Crippen LogP contribution in [0.3, 0.4) is 0 Å². The Labute approximate surface area is 142 Å². The molecule has 0 N–H and O–H groups in total. The Bertz CT molecular complexity index is 627. The summed E-state index contributed by atoms with van der Waals surface area (Å²) >= 11 is 0. The lowest BCUT2D eigenvalue weighted by Crippen LogP contribution is -2.36. The second-order valence-corrected chi connectivity index (χ2v) is 6.95. The van der Waals surface area contributed by atoms with Gasteiger partial charge in [0.1, 0.15) is 5.82 Å². The molecule has 0 amide bonds. The number of hydrogen-bond acceptors (Lipinski definition) is 3. The predicted octanol–water partition coefficient (Wildman–Crippen LogP) is 3.81. The Morgan fingerprint density at radius 3 is 2.79 bits per heavy atom. The van der Waals surface area contributed by atoms with Crippen LogP contribution in [0.5, 0.6) is 0 Å². The van der Waals surface area contributed by atoms with E-state index < -0.39 is 5.79 Å². The first-order valence-electron chi connectivity index (χ1n) is 8.57. The number of aryl methyl sites for hydroxylation is 1. The van der Waals surface area contributed by atoms with Gasteiger partial charge in [0.15, 0.2) is 5.79 Å². The third-order valence-electron chi connectivity index (χ3n) is 4.34. The van der Waals surface area contributed by atoms with Crippen LogP contribution in [0.1, 0.15) is 32.3 Å². The number of halogens is 1. The van der Waals surface area contributed by atoms with Crippen LogP contribution in [-0.2, 0) is 22.4 Å². The van der Waals surface area contributed by atoms with Crippen LogP contribution in [0.15, 0.2) is 43.0 Å². The summed E-state index contributed by atoms with van der Waals surface area (Å²) in [7, 11) is 0. The van der Waals surface area contributed by atoms with Crippen molar-refractivity contribution in [3.8, 4) is 0 Å². The van der Waals surface area contributed by atoms with E-state index in [1.807, 2.05) is 22.9 Å². The largest absolute Gasteiger partial charge is 0.345 e. The van der Waals surface area contributed by atoms with E-state index in [2.05, 4.69) is 18.8 Å². The Morgan fingerprint density at radius 2 is 2.12 bits per heavy atom. The minimum Gasteiger partial charge on any atom is -0.345 e. The van der Waals surface area contributed by atoms with Crippen molar-refractivity contribution in [3.05, 3.63) is 54.4 Å². The van der Waals surface area contributed by atoms with Gasteiger partial charge in [-0.05, 0) is 36.5 Å². The van der Waals surface area contributed by atoms with Gasteiger partial charge >= 0.3 is 0 Å². The maximum absolute atomic E-state index is 13.1. The number of rotatable bonds is 7. The third kappa shape index (κ3) is 4.42. The number of benzene rings is 1. The molecule has 0 saturated carbocycles. The highest BCUT2D eigenvalue weighted by Crippen LogP contribution is 2.33. The summed E-state index contributed by atoms with van der Waals surface area (Å²) in [5.41, 5.74) is 1.08. The van der Waals surface area contributed by atoms with Gasteiger partial charge in [-0.25, -0.2) is 9.37 Å². The standard InChI is InChI=1S/C19H25FN2O2/c1-15(2)11-18-12-23-19(24-18,13-22-10-9-21-14-22)8-7-16-3-5-17(20)6-4-16/h3-6,9-10,14-15,18H,7-8,11-13H2,1-2H3. The van der Waals surface area contributed by atoms with E-state index in [4.69, 9.17) is 9.47 Å². The molecule has 2 heterocycles. The second-order valence-electron chi connectivity index (χ2n) is 6.95. The molecule has 1 aliphatic heterocycles. The zero-order valence-corrected chi connectivity index (χ0v) is 14.3. The van der Waals surface area contributed by atoms with E-state index >= 15 is 0 Å². The summed E-state index contributed by atoms with van der Waals surface area (Å²) in [5, 5.41) is 0. The lowest BCUT2D eigenvalue weighted by atomic mass is 10.0. The molecule has 24 heavy (non-hydrogen) atoms. The highest BCUT2D eigenvalue weighted by atomic mass is 19.1. The van der Waals surface area contributed by atoms with E-state index in [9.17, 15) is 4.39 Å². The number of imidazole rings is 1. The summed E-state index contributed by atoms with van der Waals surface area (Å²) in [5.74, 6) is -0.286. The molecule has 0 spiro atoms. The Morgan fingerprint density at radius 1 is 1.33 bits per heavy atom. The van der Waals surface area contributed by atoms with Crippen LogP contribution in [0, 0.1) is 11.7 Å². The first kappa shape index (κ1) is 17.1. The molecule has 1 aliphatic rings. The van der Waals surface area contributed by atoms with Crippen LogP contribution >= 0.6 is 0 Å². The summed E-state index contributed by atoms with van der Waals surface area (Å²) in [6.07, 6.45) is 8.08. The van der Waals surface area contributed by atoms with E-state index in [-0.39, 0.29) is 11.9 Å². The first-order chi connectivity index (χ1) is 11.5. The fraction of sp³-hybridized carbons (Fsp3) is 0.526. The quantitative estimate of drug-likeness (QED) is 0.773. The van der Waals surface area contributed by atoms with E-state index in [0.717, 1.165) is 24.8 Å². The van der Waals surface area contributed by atoms with Crippen LogP contribution < -0.4 is 0 Å². The average molecular weight is 332 g/mol. The molecular formula is C19H25FN2O2. The maximum atomic E-state index is 13.1. The van der Waals surface area contributed by atoms with Crippen LogP contribution in [-0.4, -0.2) is 28.0 Å². The molecule has 0 aliphatic carbocycles. The molecule has 5 heteroatoms. The molecule has 2 unspecified atom stereocenters. The van der Waals surface area contributed by atoms with Gasteiger partial charge in [0.25, 0.3) is 0 Å². The molecule has 130 valence electrons. The Kier molecular flexibility index (Phi) is 5.31. The van der Waals surface area contributed by atoms with E-state index in [1.54, 1.807) is 12.5 Å². The number of hydrogen-bond donors (Lipinski definition) is 0. The molecule has 2 aromatic rings. The zero-order chi connectivity index (χ0) is 17.0. The average Bonchev–Trinajstić information content (AvgIpc) is 3.17. The topological polar surface area (TPSA) is 36.3 Å². The summed E-state index contributed by atoms with van der Waals surface area (Å²) in [4.78, 5) is 4.10. The number of aromatic nitrogens is 2. The monoisotopic (exact) mass is 332 g/mol. The maximum Gasteiger partial charge on any atom is 0.187 e. The summed E-state index contributed by atoms with van der Waals surface area (Å²) in [6, 6.07) is 6.63. The van der Waals surface area contributed by atoms with Gasteiger partial charge < -0.3 is 14.0 Å². The van der Waals surface area contributed by atoms with Crippen molar-refractivity contribution in [1.29, 1.82) is 0 Å². The minimum absolute atomic E-state index is 0.127. The van der Waals surface area contributed by atoms with Crippen molar-refractivity contribution < 1.29 is 13.9 Å². The van der Waals surface area contributed by atoms with Crippen molar-refractivity contribution >= 4 is 0 Å². The minimum atomic E-state index is -0.644. The fourth-order valence-corrected chi connectivity index (χ4v) is 3.20. The molecule has 1 saturated heterocycles. The van der Waals surface area contributed by atoms with Gasteiger partial charge in [-0.3, -0.25) is 0 Å². The van der Waals surface area contributed by atoms with Crippen molar-refractivity contribution in [1.82, 2.24) is 9.55 Å². The van der Waals surface area contributed by atoms with Gasteiger partial charge in [0.05, 0.1) is 25.6 Å². The highest BCUT2D eigenvalue weighted by molar-refractivity contribution is 5.16. The van der Waals surface area contributed by atoms with Gasteiger partial charge in [-0.1, -0.05) is 26.0 Å². The van der Waals surface area contributed by atoms with E-state index in [0.29, 0.717) is 19.1 Å². The van der Waals surface area contributed by atoms with Crippen molar-refractivity contribution in [2.75, 3.05) is 6.61 Å². The van der Waals surface area contributed by atoms with E-state index in [1.165, 1.54) is 12.1 Å². The van der Waals surface area contributed by atoms with Crippen LogP contribution in [0.4, 0.5) is 4.39 Å². The van der Waals surface area contributed by atoms with Gasteiger partial charge in [0.2, 0.25) is 0 Å². The number of ether oxygens (including phenoxy) is 2. The van der Waals surface area contributed by atoms with Crippen molar-refractivity contribution in [3.63, 3.8) is 0 Å². The fourth-order valence-electron chi connectivity index (χ4n) is 3.20. The van der Waals surface area contributed by atoms with Crippen LogP contribution in [0.2, 0.25) is 0 Å². The molecule has 0 radical (unpaired) electrons. The lowest BCUT2D eigenvalue weighted by molar-refractivity contribution is -0.183. The molecule has 2 atom stereocenters. The smallest absolute Gasteiger partial charge is 0.187 e. The molecular weight excluding hydrogens is 307 g/mol. The van der Waals surface area contributed by atoms with Crippen molar-refractivity contribution in [2.24, 2.45) is 5.92 Å². The molecule has 4 nitrogen and oxygen atoms in total. The Hall–Kier alpha value is -1.72. The predicted molar refractivity (Wildman–Crippen MR) is 90.0 cm³/mol. The summed E-state index contributed by atoms with van der Waals surface area (Å²) in [6.45, 7) is 5.62. The van der Waals surface area contributed by atoms with Crippen LogP contribution in [0.25, 0.3) is 0 Å². The lowest BCUT2D eigenvalue weighted by Gasteiger charge is -2.29. The van der Waals surface area contributed by atoms with Crippen molar-refractivity contribution in [2.45, 2.75) is 51.5 Å². The third-order valence-corrected chi connectivity index (χ3v) is 4.34. The SMILES string of the molecule is CC(C)CC1COC(CCc2ccc(F)cc2)(Cn2ccnc2)O1. The first-order valence-corrected chi connectivity index (χ1v) is 8.57. The molecule has 3 rings (SSSR count). The van der Waals surface area contributed by atoms with Gasteiger partial charge in [-0.2, -0.15) is 0 Å². The van der Waals surface area contributed by atoms with Gasteiger partial charge in [-0.15, -0.1) is 0 Å². The zero-order valence-electron chi connectivity index (χ0n) is 14.3. The normalized spacial score (nSPS) is 23.9. The van der Waals surface area contributed by atoms with Gasteiger partial charge in [0, 0.05) is 18.8 Å². The second kappa shape index (κ2) is 7.45. The number of nitrogens with zero attached hydrogens (tertiary/aromatic N) is 2. The highest BCUT2D eigenvalue weighted by Gasteiger charge is 2.41. The molecule has 1 aromatic heterocycles. The summed E-state index contributed by atoms with van der Waals surface area (Å²) < 4.78 is 27.5. The molecule has 1 fully saturated rings. The molecule has 0 bridgehead atoms. The molecule has 1 aromatic carbocycles.